The minimum absolute atomic E-state index is 0.243. The Morgan fingerprint density at radius 2 is 1.90 bits per heavy atom. The van der Waals surface area contributed by atoms with Gasteiger partial charge < -0.3 is 0 Å². The summed E-state index contributed by atoms with van der Waals surface area (Å²) in [7, 11) is -1.48. The Hall–Kier alpha value is -0.883. The Balaban J connectivity index is 4.18. The van der Waals surface area contributed by atoms with E-state index < -0.39 is 13.9 Å². The van der Waals surface area contributed by atoms with Gasteiger partial charge in [0.05, 0.1) is 0 Å². The molecule has 0 fully saturated rings. The maximum Gasteiger partial charge on any atom is 0.267 e. The van der Waals surface area contributed by atoms with E-state index in [0.29, 0.717) is 0 Å². The molecule has 0 bridgehead atoms. The van der Waals surface area contributed by atoms with E-state index in [1.165, 1.54) is 0 Å². The summed E-state index contributed by atoms with van der Waals surface area (Å²) in [6, 6.07) is 0. The van der Waals surface area contributed by atoms with Crippen LogP contribution in [0.4, 0.5) is 0 Å². The first-order valence-corrected chi connectivity index (χ1v) is 6.48. The van der Waals surface area contributed by atoms with Gasteiger partial charge in [-0.2, -0.15) is 0 Å². The summed E-state index contributed by atoms with van der Waals surface area (Å²) in [5.74, 6) is 1.65. The number of carbonyl (C=O) groups excluding carboxylic acids is 2. The molecule has 0 aliphatic carbocycles. The predicted octanol–water partition coefficient (Wildman–Crippen LogP) is 0.635. The summed E-state index contributed by atoms with van der Waals surface area (Å²) in [5, 5.41) is 0. The van der Waals surface area contributed by atoms with Crippen LogP contribution in [0.2, 0.25) is 19.6 Å². The molecular weight excluding hydrogens is 144 g/mol. The lowest BCUT2D eigenvalue weighted by molar-refractivity contribution is -0.126. The molecule has 0 aromatic rings. The molecule has 0 aliphatic rings. The normalized spacial score (nSPS) is 9.50. The van der Waals surface area contributed by atoms with Crippen molar-refractivity contribution in [2.75, 3.05) is 0 Å². The molecule has 0 saturated carbocycles. The third-order valence-electron chi connectivity index (χ3n) is 0.668. The molecule has 0 atom stereocenters. The molecule has 0 saturated heterocycles. The molecule has 0 radical (unpaired) electrons. The fourth-order valence-electron chi connectivity index (χ4n) is 0.279. The average molecular weight is 154 g/mol. The highest BCUT2D eigenvalue weighted by atomic mass is 28.3. The lowest BCUT2D eigenvalue weighted by atomic mass is 10.5. The van der Waals surface area contributed by atoms with E-state index in [4.69, 9.17) is 0 Å². The molecule has 0 amide bonds. The molecule has 0 aromatic heterocycles. The van der Waals surface area contributed by atoms with Gasteiger partial charge in [-0.05, 0) is 5.92 Å². The van der Waals surface area contributed by atoms with Gasteiger partial charge in [-0.3, -0.25) is 9.59 Å². The zero-order valence-electron chi connectivity index (χ0n) is 6.39. The van der Waals surface area contributed by atoms with Crippen molar-refractivity contribution in [3.8, 4) is 11.5 Å². The van der Waals surface area contributed by atoms with Crippen molar-refractivity contribution in [2.45, 2.75) is 19.6 Å². The van der Waals surface area contributed by atoms with E-state index in [2.05, 4.69) is 11.5 Å². The molecule has 0 spiro atoms. The Morgan fingerprint density at radius 1 is 1.40 bits per heavy atom. The van der Waals surface area contributed by atoms with Crippen molar-refractivity contribution >= 4 is 20.1 Å². The molecule has 0 unspecified atom stereocenters. The van der Waals surface area contributed by atoms with Gasteiger partial charge >= 0.3 is 0 Å². The van der Waals surface area contributed by atoms with E-state index in [1.54, 1.807) is 0 Å². The van der Waals surface area contributed by atoms with Gasteiger partial charge in [-0.15, -0.1) is 5.54 Å². The molecule has 10 heavy (non-hydrogen) atoms. The van der Waals surface area contributed by atoms with Crippen LogP contribution in [-0.4, -0.2) is 20.1 Å². The van der Waals surface area contributed by atoms with Gasteiger partial charge in [0.15, 0.2) is 6.29 Å². The van der Waals surface area contributed by atoms with Crippen LogP contribution in [0.25, 0.3) is 0 Å². The van der Waals surface area contributed by atoms with Gasteiger partial charge in [-0.1, -0.05) is 19.6 Å². The number of hydrogen-bond donors (Lipinski definition) is 0. The van der Waals surface area contributed by atoms with Gasteiger partial charge in [0.2, 0.25) is 0 Å². The maximum absolute atomic E-state index is 10.3. The summed E-state index contributed by atoms with van der Waals surface area (Å²) in [5.41, 5.74) is 2.78. The number of carbonyl (C=O) groups is 2. The number of rotatable bonds is 1. The molecule has 3 heteroatoms. The quantitative estimate of drug-likeness (QED) is 0.240. The Bertz CT molecular complexity index is 202. The molecule has 0 N–H and O–H groups in total. The highest BCUT2D eigenvalue weighted by molar-refractivity contribution is 6.84. The van der Waals surface area contributed by atoms with Crippen molar-refractivity contribution in [1.29, 1.82) is 0 Å². The van der Waals surface area contributed by atoms with E-state index in [9.17, 15) is 9.59 Å². The van der Waals surface area contributed by atoms with Crippen molar-refractivity contribution in [1.82, 2.24) is 0 Å². The van der Waals surface area contributed by atoms with Crippen molar-refractivity contribution < 1.29 is 9.59 Å². The summed E-state index contributed by atoms with van der Waals surface area (Å²) >= 11 is 0. The highest BCUT2D eigenvalue weighted by Crippen LogP contribution is 1.95. The third-order valence-corrected chi connectivity index (χ3v) is 1.54. The van der Waals surface area contributed by atoms with Crippen LogP contribution in [-0.2, 0) is 9.59 Å². The standard InChI is InChI=1S/C7H10O2Si/c1-10(2,3)5-4-7(9)6-8/h6H,1-3H3. The second-order valence-corrected chi connectivity index (χ2v) is 7.73. The molecule has 0 aliphatic heterocycles. The second kappa shape index (κ2) is 3.33. The van der Waals surface area contributed by atoms with Crippen molar-refractivity contribution in [3.05, 3.63) is 0 Å². The summed E-state index contributed by atoms with van der Waals surface area (Å²) in [4.78, 5) is 20.1. The minimum atomic E-state index is -1.48. The third kappa shape index (κ3) is 5.26. The van der Waals surface area contributed by atoms with Crippen LogP contribution in [0.5, 0.6) is 0 Å². The van der Waals surface area contributed by atoms with Crippen LogP contribution in [0.1, 0.15) is 0 Å². The van der Waals surface area contributed by atoms with Gasteiger partial charge in [0.25, 0.3) is 5.78 Å². The van der Waals surface area contributed by atoms with E-state index in [-0.39, 0.29) is 6.29 Å². The summed E-state index contributed by atoms with van der Waals surface area (Å²) < 4.78 is 0. The maximum atomic E-state index is 10.3. The van der Waals surface area contributed by atoms with Crippen molar-refractivity contribution in [3.63, 3.8) is 0 Å². The largest absolute Gasteiger partial charge is 0.293 e. The van der Waals surface area contributed by atoms with Gasteiger partial charge in [0, 0.05) is 0 Å². The van der Waals surface area contributed by atoms with Crippen LogP contribution < -0.4 is 0 Å². The molecule has 0 heterocycles. The van der Waals surface area contributed by atoms with Crippen LogP contribution >= 0.6 is 0 Å². The van der Waals surface area contributed by atoms with Crippen LogP contribution in [0.15, 0.2) is 0 Å². The lowest BCUT2D eigenvalue weighted by Crippen LogP contribution is -2.17. The number of ketones is 1. The fourth-order valence-corrected chi connectivity index (χ4v) is 0.777. The zero-order chi connectivity index (χ0) is 8.20. The first kappa shape index (κ1) is 9.12. The zero-order valence-corrected chi connectivity index (χ0v) is 7.39. The van der Waals surface area contributed by atoms with Gasteiger partial charge in [0.1, 0.15) is 8.07 Å². The summed E-state index contributed by atoms with van der Waals surface area (Å²) in [6.07, 6.45) is 0.243. The summed E-state index contributed by atoms with van der Waals surface area (Å²) in [6.45, 7) is 6.04. The lowest BCUT2D eigenvalue weighted by Gasteiger charge is -2.01. The van der Waals surface area contributed by atoms with Gasteiger partial charge in [-0.25, -0.2) is 0 Å². The van der Waals surface area contributed by atoms with Crippen LogP contribution in [0.3, 0.4) is 0 Å². The highest BCUT2D eigenvalue weighted by Gasteiger charge is 2.07. The molecule has 0 aromatic carbocycles. The van der Waals surface area contributed by atoms with E-state index in [1.807, 2.05) is 19.6 Å². The van der Waals surface area contributed by atoms with Crippen molar-refractivity contribution in [2.24, 2.45) is 0 Å². The Kier molecular flexibility index (Phi) is 3.03. The second-order valence-electron chi connectivity index (χ2n) is 2.98. The molecule has 0 rings (SSSR count). The monoisotopic (exact) mass is 154 g/mol. The minimum Gasteiger partial charge on any atom is -0.293 e. The topological polar surface area (TPSA) is 34.1 Å². The Morgan fingerprint density at radius 3 is 2.20 bits per heavy atom. The van der Waals surface area contributed by atoms with Crippen LogP contribution in [0, 0.1) is 11.5 Å². The Labute approximate surface area is 61.6 Å². The SMILES string of the molecule is C[Si](C)(C)C#CC(=O)C=O. The number of hydrogen-bond acceptors (Lipinski definition) is 2. The first-order valence-electron chi connectivity index (χ1n) is 2.98. The first-order chi connectivity index (χ1) is 4.45. The molecule has 54 valence electrons. The van der Waals surface area contributed by atoms with E-state index >= 15 is 0 Å². The number of Topliss-reactive ketones (excluding diaryl/α,β-unsaturated/α-hetero) is 1. The smallest absolute Gasteiger partial charge is 0.267 e. The van der Waals surface area contributed by atoms with E-state index in [0.717, 1.165) is 0 Å². The number of aldehydes is 1. The molecule has 2 nitrogen and oxygen atoms in total. The predicted molar refractivity (Wildman–Crippen MR) is 42.2 cm³/mol. The molecular formula is C7H10O2Si. The average Bonchev–Trinajstić information content (AvgIpc) is 1.81. The fraction of sp³-hybridized carbons (Fsp3) is 0.429.